The molecule has 2 aromatic carbocycles. The van der Waals surface area contributed by atoms with E-state index in [2.05, 4.69) is 11.6 Å². The molecule has 2 aromatic heterocycles. The Hall–Kier alpha value is -3.18. The largest absolute Gasteiger partial charge is 0.481 e. The summed E-state index contributed by atoms with van der Waals surface area (Å²) in [5.41, 5.74) is 1.59. The molecule has 11 heteroatoms. The number of carboxylic acids is 1. The zero-order valence-corrected chi connectivity index (χ0v) is 19.4. The van der Waals surface area contributed by atoms with Gasteiger partial charge in [-0.2, -0.15) is 13.2 Å². The van der Waals surface area contributed by atoms with Gasteiger partial charge in [0.25, 0.3) is 0 Å². The van der Waals surface area contributed by atoms with Crippen LogP contribution in [-0.4, -0.2) is 28.5 Å². The summed E-state index contributed by atoms with van der Waals surface area (Å²) in [7, 11) is -4.37. The van der Waals surface area contributed by atoms with Crippen molar-refractivity contribution in [2.45, 2.75) is 30.7 Å². The first-order valence-electron chi connectivity index (χ1n) is 10.1. The Balaban J connectivity index is 1.99. The van der Waals surface area contributed by atoms with Gasteiger partial charge in [0.05, 0.1) is 32.7 Å². The van der Waals surface area contributed by atoms with Crippen molar-refractivity contribution in [3.05, 3.63) is 77.5 Å². The maximum Gasteiger partial charge on any atom is 0.416 e. The van der Waals surface area contributed by atoms with Gasteiger partial charge >= 0.3 is 12.1 Å². The molecule has 2 heterocycles. The van der Waals surface area contributed by atoms with Crippen LogP contribution in [0.2, 0.25) is 0 Å². The summed E-state index contributed by atoms with van der Waals surface area (Å²) < 4.78 is 69.3. The van der Waals surface area contributed by atoms with E-state index in [9.17, 15) is 31.5 Å². The standard InChI is InChI=1S/C23H19F3N2O4S2/c1-3-16(22(29)30)19-10-14-9-15(23(24,25)26)6-8-18(14)28(19)34(31,32)21(4-2)13-5-7-17-20(11-13)33-12-27-17/h4-12,16,21H,2-3H2,1H3,(H,29,30). The topological polar surface area (TPSA) is 89.3 Å². The van der Waals surface area contributed by atoms with Gasteiger partial charge < -0.3 is 5.11 Å². The molecule has 34 heavy (non-hydrogen) atoms. The van der Waals surface area contributed by atoms with Crippen LogP contribution in [0.1, 0.15) is 41.3 Å². The molecule has 4 rings (SSSR count). The Morgan fingerprint density at radius 2 is 1.97 bits per heavy atom. The number of aromatic nitrogens is 2. The molecule has 0 saturated heterocycles. The SMILES string of the molecule is C=CC(c1ccc2ncsc2c1)S(=O)(=O)n1c(C(CC)C(=O)O)cc2cc(C(F)(F)F)ccc21. The predicted molar refractivity (Wildman–Crippen MR) is 124 cm³/mol. The molecule has 0 fully saturated rings. The van der Waals surface area contributed by atoms with E-state index >= 15 is 0 Å². The van der Waals surface area contributed by atoms with Gasteiger partial charge in [-0.3, -0.25) is 4.79 Å². The number of fused-ring (bicyclic) bond motifs is 2. The van der Waals surface area contributed by atoms with Gasteiger partial charge in [0.15, 0.2) is 0 Å². The minimum absolute atomic E-state index is 0.0196. The third-order valence-corrected chi connectivity index (χ3v) is 8.46. The maximum absolute atomic E-state index is 13.9. The minimum atomic E-state index is -4.64. The lowest BCUT2D eigenvalue weighted by atomic mass is 10.0. The van der Waals surface area contributed by atoms with E-state index < -0.39 is 38.9 Å². The van der Waals surface area contributed by atoms with Gasteiger partial charge in [0.1, 0.15) is 5.25 Å². The van der Waals surface area contributed by atoms with Crippen molar-refractivity contribution in [1.82, 2.24) is 8.96 Å². The Labute approximate surface area is 197 Å². The lowest BCUT2D eigenvalue weighted by Crippen LogP contribution is -2.25. The summed E-state index contributed by atoms with van der Waals surface area (Å²) in [6, 6.07) is 8.80. The van der Waals surface area contributed by atoms with Crippen LogP contribution in [0.15, 0.2) is 60.6 Å². The molecule has 178 valence electrons. The van der Waals surface area contributed by atoms with Crippen molar-refractivity contribution in [1.29, 1.82) is 0 Å². The fourth-order valence-electron chi connectivity index (χ4n) is 4.02. The Morgan fingerprint density at radius 3 is 2.59 bits per heavy atom. The van der Waals surface area contributed by atoms with E-state index in [1.165, 1.54) is 23.5 Å². The number of thiazole rings is 1. The molecular formula is C23H19F3N2O4S2. The fourth-order valence-corrected chi connectivity index (χ4v) is 6.62. The quantitative estimate of drug-likeness (QED) is 0.312. The lowest BCUT2D eigenvalue weighted by Gasteiger charge is -2.21. The van der Waals surface area contributed by atoms with Gasteiger partial charge in [0.2, 0.25) is 10.0 Å². The van der Waals surface area contributed by atoms with E-state index in [1.54, 1.807) is 30.6 Å². The summed E-state index contributed by atoms with van der Waals surface area (Å²) in [4.78, 5) is 16.1. The third-order valence-electron chi connectivity index (χ3n) is 5.65. The van der Waals surface area contributed by atoms with Crippen molar-refractivity contribution in [2.75, 3.05) is 0 Å². The summed E-state index contributed by atoms with van der Waals surface area (Å²) in [5.74, 6) is -2.52. The second-order valence-electron chi connectivity index (χ2n) is 7.68. The second-order valence-corrected chi connectivity index (χ2v) is 10.5. The van der Waals surface area contributed by atoms with Gasteiger partial charge in [-0.25, -0.2) is 17.4 Å². The Morgan fingerprint density at radius 1 is 1.24 bits per heavy atom. The average Bonchev–Trinajstić information content (AvgIpc) is 3.37. The zero-order valence-electron chi connectivity index (χ0n) is 17.8. The number of aliphatic carboxylic acids is 1. The molecule has 0 amide bonds. The molecular weight excluding hydrogens is 489 g/mol. The van der Waals surface area contributed by atoms with Crippen LogP contribution in [-0.2, 0) is 21.0 Å². The normalized spacial score (nSPS) is 14.4. The van der Waals surface area contributed by atoms with Crippen LogP contribution >= 0.6 is 11.3 Å². The first-order valence-corrected chi connectivity index (χ1v) is 12.5. The van der Waals surface area contributed by atoms with Gasteiger partial charge in [0, 0.05) is 11.1 Å². The number of nitrogens with zero attached hydrogens (tertiary/aromatic N) is 2. The highest BCUT2D eigenvalue weighted by molar-refractivity contribution is 7.90. The number of rotatable bonds is 7. The number of carbonyl (C=O) groups is 1. The molecule has 1 N–H and O–H groups in total. The molecule has 0 radical (unpaired) electrons. The summed E-state index contributed by atoms with van der Waals surface area (Å²) in [6.07, 6.45) is -3.38. The lowest BCUT2D eigenvalue weighted by molar-refractivity contribution is -0.139. The molecule has 0 saturated carbocycles. The molecule has 0 aliphatic heterocycles. The van der Waals surface area contributed by atoms with Crippen molar-refractivity contribution in [3.8, 4) is 0 Å². The van der Waals surface area contributed by atoms with Gasteiger partial charge in [-0.05, 0) is 48.4 Å². The fraction of sp³-hybridized carbons (Fsp3) is 0.217. The number of hydrogen-bond acceptors (Lipinski definition) is 5. The van der Waals surface area contributed by atoms with E-state index in [0.717, 1.165) is 26.9 Å². The van der Waals surface area contributed by atoms with E-state index in [0.29, 0.717) is 11.1 Å². The summed E-state index contributed by atoms with van der Waals surface area (Å²) in [5, 5.41) is 8.42. The Kier molecular flexibility index (Phi) is 6.03. The third kappa shape index (κ3) is 3.98. The summed E-state index contributed by atoms with van der Waals surface area (Å²) >= 11 is 1.33. The molecule has 0 aliphatic rings. The second kappa shape index (κ2) is 8.55. The first kappa shape index (κ1) is 24.0. The van der Waals surface area contributed by atoms with Crippen LogP contribution in [0.4, 0.5) is 13.2 Å². The predicted octanol–water partition coefficient (Wildman–Crippen LogP) is 5.95. The number of alkyl halides is 3. The molecule has 2 atom stereocenters. The molecule has 0 spiro atoms. The highest BCUT2D eigenvalue weighted by atomic mass is 32.2. The zero-order chi connectivity index (χ0) is 24.8. The van der Waals surface area contributed by atoms with Crippen LogP contribution < -0.4 is 0 Å². The van der Waals surface area contributed by atoms with Crippen molar-refractivity contribution < 1.29 is 31.5 Å². The molecule has 4 aromatic rings. The highest BCUT2D eigenvalue weighted by Gasteiger charge is 2.36. The van der Waals surface area contributed by atoms with Crippen LogP contribution in [0, 0.1) is 0 Å². The highest BCUT2D eigenvalue weighted by Crippen LogP contribution is 2.38. The average molecular weight is 509 g/mol. The minimum Gasteiger partial charge on any atom is -0.481 e. The first-order chi connectivity index (χ1) is 16.0. The smallest absolute Gasteiger partial charge is 0.416 e. The van der Waals surface area contributed by atoms with Crippen molar-refractivity contribution in [2.24, 2.45) is 0 Å². The van der Waals surface area contributed by atoms with Crippen molar-refractivity contribution >= 4 is 48.4 Å². The number of carboxylic acid groups (broad SMARTS) is 1. The monoisotopic (exact) mass is 508 g/mol. The van der Waals surface area contributed by atoms with E-state index in [1.807, 2.05) is 0 Å². The molecule has 0 bridgehead atoms. The van der Waals surface area contributed by atoms with Crippen LogP contribution in [0.25, 0.3) is 21.1 Å². The van der Waals surface area contributed by atoms with Gasteiger partial charge in [-0.15, -0.1) is 17.9 Å². The van der Waals surface area contributed by atoms with E-state index in [4.69, 9.17) is 0 Å². The van der Waals surface area contributed by atoms with Crippen molar-refractivity contribution in [3.63, 3.8) is 0 Å². The number of halogens is 3. The Bertz CT molecular complexity index is 1520. The van der Waals surface area contributed by atoms with Gasteiger partial charge in [-0.1, -0.05) is 19.1 Å². The molecule has 2 unspecified atom stereocenters. The van der Waals surface area contributed by atoms with Crippen LogP contribution in [0.3, 0.4) is 0 Å². The maximum atomic E-state index is 13.9. The number of hydrogen-bond donors (Lipinski definition) is 1. The molecule has 6 nitrogen and oxygen atoms in total. The number of benzene rings is 2. The summed E-state index contributed by atoms with van der Waals surface area (Å²) in [6.45, 7) is 5.23. The van der Waals surface area contributed by atoms with E-state index in [-0.39, 0.29) is 23.0 Å². The molecule has 0 aliphatic carbocycles. The van der Waals surface area contributed by atoms with Crippen LogP contribution in [0.5, 0.6) is 0 Å².